The minimum Gasteiger partial charge on any atom is -0.315 e. The van der Waals surface area contributed by atoms with Gasteiger partial charge in [-0.25, -0.2) is 0 Å². The Morgan fingerprint density at radius 1 is 1.16 bits per heavy atom. The number of rotatable bonds is 7. The van der Waals surface area contributed by atoms with Crippen molar-refractivity contribution in [1.82, 2.24) is 5.32 Å². The summed E-state index contributed by atoms with van der Waals surface area (Å²) >= 11 is 1.97. The van der Waals surface area contributed by atoms with Gasteiger partial charge in [-0.15, -0.1) is 11.8 Å². The van der Waals surface area contributed by atoms with Gasteiger partial charge in [-0.3, -0.25) is 0 Å². The van der Waals surface area contributed by atoms with Crippen molar-refractivity contribution < 1.29 is 0 Å². The third kappa shape index (κ3) is 6.49. The molecular weight excluding hydrogens is 250 g/mol. The lowest BCUT2D eigenvalue weighted by atomic mass is 9.87. The van der Waals surface area contributed by atoms with Gasteiger partial charge in [0.1, 0.15) is 0 Å². The fourth-order valence-electron chi connectivity index (χ4n) is 2.08. The molecule has 0 aliphatic heterocycles. The Bertz CT molecular complexity index is 351. The number of hydrogen-bond acceptors (Lipinski definition) is 2. The zero-order chi connectivity index (χ0) is 14.3. The molecule has 0 aliphatic rings. The first-order valence-electron chi connectivity index (χ1n) is 7.40. The molecule has 2 heteroatoms. The molecule has 0 fully saturated rings. The molecule has 0 bridgehead atoms. The molecule has 0 spiro atoms. The third-order valence-electron chi connectivity index (χ3n) is 3.32. The molecule has 0 aliphatic carbocycles. The van der Waals surface area contributed by atoms with Crippen molar-refractivity contribution in [1.29, 1.82) is 0 Å². The lowest BCUT2D eigenvalue weighted by molar-refractivity contribution is 0.526. The van der Waals surface area contributed by atoms with E-state index in [9.17, 15) is 0 Å². The van der Waals surface area contributed by atoms with Crippen LogP contribution in [0.4, 0.5) is 0 Å². The molecule has 0 saturated carbocycles. The molecule has 108 valence electrons. The standard InChI is InChI=1S/C17H29NS/c1-6-18-14(2)8-7-13-19-16-11-9-15(10-12-16)17(3,4)5/h9-12,14,18H,6-8,13H2,1-5H3. The number of nitrogens with one attached hydrogen (secondary N) is 1. The highest BCUT2D eigenvalue weighted by atomic mass is 32.2. The summed E-state index contributed by atoms with van der Waals surface area (Å²) in [7, 11) is 0. The van der Waals surface area contributed by atoms with Crippen molar-refractivity contribution in [2.24, 2.45) is 0 Å². The Labute approximate surface area is 123 Å². The molecule has 19 heavy (non-hydrogen) atoms. The fraction of sp³-hybridized carbons (Fsp3) is 0.647. The Morgan fingerprint density at radius 2 is 1.79 bits per heavy atom. The van der Waals surface area contributed by atoms with E-state index in [0.29, 0.717) is 6.04 Å². The van der Waals surface area contributed by atoms with Gasteiger partial charge in [0.2, 0.25) is 0 Å². The second-order valence-electron chi connectivity index (χ2n) is 6.22. The predicted molar refractivity (Wildman–Crippen MR) is 88.2 cm³/mol. The fourth-order valence-corrected chi connectivity index (χ4v) is 2.96. The lowest BCUT2D eigenvalue weighted by Gasteiger charge is -2.19. The highest BCUT2D eigenvalue weighted by Gasteiger charge is 2.12. The van der Waals surface area contributed by atoms with Crippen LogP contribution in [0.25, 0.3) is 0 Å². The van der Waals surface area contributed by atoms with Gasteiger partial charge in [0.05, 0.1) is 0 Å². The molecule has 1 N–H and O–H groups in total. The maximum Gasteiger partial charge on any atom is 0.00721 e. The van der Waals surface area contributed by atoms with Gasteiger partial charge in [-0.1, -0.05) is 39.8 Å². The van der Waals surface area contributed by atoms with Crippen molar-refractivity contribution in [2.75, 3.05) is 12.3 Å². The first-order chi connectivity index (χ1) is 8.93. The van der Waals surface area contributed by atoms with Crippen LogP contribution in [0.1, 0.15) is 53.0 Å². The molecule has 1 rings (SSSR count). The van der Waals surface area contributed by atoms with E-state index < -0.39 is 0 Å². The molecule has 1 nitrogen and oxygen atoms in total. The van der Waals surface area contributed by atoms with E-state index in [2.05, 4.69) is 64.2 Å². The van der Waals surface area contributed by atoms with Gasteiger partial charge in [-0.2, -0.15) is 0 Å². The van der Waals surface area contributed by atoms with Gasteiger partial charge in [0.15, 0.2) is 0 Å². The number of thioether (sulfide) groups is 1. The Morgan fingerprint density at radius 3 is 2.32 bits per heavy atom. The summed E-state index contributed by atoms with van der Waals surface area (Å²) in [5.41, 5.74) is 1.67. The molecule has 0 heterocycles. The summed E-state index contributed by atoms with van der Waals surface area (Å²) < 4.78 is 0. The van der Waals surface area contributed by atoms with E-state index in [4.69, 9.17) is 0 Å². The molecule has 0 amide bonds. The van der Waals surface area contributed by atoms with Crippen LogP contribution < -0.4 is 5.32 Å². The molecule has 1 aromatic rings. The normalized spacial score (nSPS) is 13.5. The molecule has 1 unspecified atom stereocenters. The summed E-state index contributed by atoms with van der Waals surface area (Å²) in [6, 6.07) is 9.71. The van der Waals surface area contributed by atoms with Crippen LogP contribution in [0, 0.1) is 0 Å². The van der Waals surface area contributed by atoms with Gasteiger partial charge < -0.3 is 5.32 Å². The summed E-state index contributed by atoms with van der Waals surface area (Å²) in [6.07, 6.45) is 2.54. The largest absolute Gasteiger partial charge is 0.315 e. The third-order valence-corrected chi connectivity index (χ3v) is 4.42. The molecule has 0 aromatic heterocycles. The summed E-state index contributed by atoms with van der Waals surface area (Å²) in [6.45, 7) is 12.3. The SMILES string of the molecule is CCNC(C)CCCSc1ccc(C(C)(C)C)cc1. The average molecular weight is 279 g/mol. The molecule has 0 radical (unpaired) electrons. The van der Waals surface area contributed by atoms with Crippen LogP contribution in [-0.4, -0.2) is 18.3 Å². The molecule has 1 atom stereocenters. The van der Waals surface area contributed by atoms with E-state index in [-0.39, 0.29) is 5.41 Å². The van der Waals surface area contributed by atoms with Crippen molar-refractivity contribution in [3.8, 4) is 0 Å². The van der Waals surface area contributed by atoms with Crippen LogP contribution in [0.3, 0.4) is 0 Å². The first-order valence-corrected chi connectivity index (χ1v) is 8.38. The van der Waals surface area contributed by atoms with Gasteiger partial charge in [0.25, 0.3) is 0 Å². The second-order valence-corrected chi connectivity index (χ2v) is 7.39. The zero-order valence-corrected chi connectivity index (χ0v) is 13.9. The first kappa shape index (κ1) is 16.6. The van der Waals surface area contributed by atoms with Gasteiger partial charge in [-0.05, 0) is 55.2 Å². The Kier molecular flexibility index (Phi) is 6.95. The van der Waals surface area contributed by atoms with Crippen molar-refractivity contribution >= 4 is 11.8 Å². The maximum atomic E-state index is 3.46. The van der Waals surface area contributed by atoms with E-state index in [1.54, 1.807) is 0 Å². The molecule has 1 aromatic carbocycles. The minimum absolute atomic E-state index is 0.254. The van der Waals surface area contributed by atoms with Crippen LogP contribution in [0.2, 0.25) is 0 Å². The van der Waals surface area contributed by atoms with Crippen molar-refractivity contribution in [3.63, 3.8) is 0 Å². The van der Waals surface area contributed by atoms with Crippen LogP contribution in [0.15, 0.2) is 29.2 Å². The lowest BCUT2D eigenvalue weighted by Crippen LogP contribution is -2.25. The molecule has 0 saturated heterocycles. The zero-order valence-electron chi connectivity index (χ0n) is 13.1. The Hall–Kier alpha value is -0.470. The predicted octanol–water partition coefficient (Wildman–Crippen LogP) is 4.85. The average Bonchev–Trinajstić information content (AvgIpc) is 2.34. The van der Waals surface area contributed by atoms with Crippen molar-refractivity contribution in [3.05, 3.63) is 29.8 Å². The van der Waals surface area contributed by atoms with E-state index in [1.807, 2.05) is 11.8 Å². The highest BCUT2D eigenvalue weighted by Crippen LogP contribution is 2.26. The second kappa shape index (κ2) is 7.96. The van der Waals surface area contributed by atoms with E-state index >= 15 is 0 Å². The monoisotopic (exact) mass is 279 g/mol. The summed E-state index contributed by atoms with van der Waals surface area (Å²) in [4.78, 5) is 1.39. The number of hydrogen-bond donors (Lipinski definition) is 1. The van der Waals surface area contributed by atoms with Gasteiger partial charge >= 0.3 is 0 Å². The van der Waals surface area contributed by atoms with Crippen LogP contribution >= 0.6 is 11.8 Å². The van der Waals surface area contributed by atoms with E-state index in [0.717, 1.165) is 6.54 Å². The van der Waals surface area contributed by atoms with Crippen LogP contribution in [0.5, 0.6) is 0 Å². The summed E-state index contributed by atoms with van der Waals surface area (Å²) in [5, 5.41) is 3.46. The van der Waals surface area contributed by atoms with Crippen molar-refractivity contribution in [2.45, 2.75) is 63.8 Å². The number of benzene rings is 1. The summed E-state index contributed by atoms with van der Waals surface area (Å²) in [5.74, 6) is 1.21. The smallest absolute Gasteiger partial charge is 0.00721 e. The van der Waals surface area contributed by atoms with E-state index in [1.165, 1.54) is 29.1 Å². The molecular formula is C17H29NS. The topological polar surface area (TPSA) is 12.0 Å². The quantitative estimate of drug-likeness (QED) is 0.565. The highest BCUT2D eigenvalue weighted by molar-refractivity contribution is 7.99. The Balaban J connectivity index is 2.31. The van der Waals surface area contributed by atoms with Crippen LogP contribution in [-0.2, 0) is 5.41 Å². The maximum absolute atomic E-state index is 3.46. The van der Waals surface area contributed by atoms with Gasteiger partial charge in [0, 0.05) is 10.9 Å². The minimum atomic E-state index is 0.254.